The number of likely N-dealkylation sites (N-methyl/N-ethyl adjacent to an activating group) is 1. The van der Waals surface area contributed by atoms with E-state index in [0.717, 1.165) is 77.0 Å². The van der Waals surface area contributed by atoms with Crippen LogP contribution in [0.3, 0.4) is 0 Å². The fraction of sp³-hybridized carbons (Fsp3) is 0.686. The molecule has 0 rings (SSSR count). The molecule has 0 aromatic carbocycles. The van der Waals surface area contributed by atoms with Crippen molar-refractivity contribution in [3.8, 4) is 0 Å². The molecule has 0 aromatic rings. The first-order valence-corrected chi connectivity index (χ1v) is 33.8. The first kappa shape index (κ1) is 76.4. The van der Waals surface area contributed by atoms with Gasteiger partial charge in [-0.05, 0) is 103 Å². The summed E-state index contributed by atoms with van der Waals surface area (Å²) in [6.45, 7) is 4.24. The SMILES string of the molecule is CC/C=C\C/C=C\C/C=C\C/C=C\C/C=C\C/C=C\C/C=C\CCCC(=O)OC(COC(=O)CCCCCCCCCCCCCCCCCCCC/C=C\C/C=C\C/C=C\CCCCCCC)COP(=O)(O)OCC[N+](C)(C)C. The Balaban J connectivity index is 4.15. The highest BCUT2D eigenvalue weighted by molar-refractivity contribution is 7.47. The van der Waals surface area contributed by atoms with Gasteiger partial charge in [-0.2, -0.15) is 0 Å². The molecule has 0 radical (unpaired) electrons. The van der Waals surface area contributed by atoms with Crippen LogP contribution in [0.2, 0.25) is 0 Å². The summed E-state index contributed by atoms with van der Waals surface area (Å²) < 4.78 is 34.6. The highest BCUT2D eigenvalue weighted by atomic mass is 31.2. The van der Waals surface area contributed by atoms with E-state index in [1.807, 2.05) is 21.1 Å². The molecule has 1 N–H and O–H groups in total. The summed E-state index contributed by atoms with van der Waals surface area (Å²) in [6, 6.07) is 0. The normalized spacial score (nSPS) is 14.0. The van der Waals surface area contributed by atoms with Crippen LogP contribution in [0.25, 0.3) is 0 Å². The smallest absolute Gasteiger partial charge is 0.462 e. The van der Waals surface area contributed by atoms with Crippen molar-refractivity contribution in [1.82, 2.24) is 0 Å². The third kappa shape index (κ3) is 63.6. The summed E-state index contributed by atoms with van der Waals surface area (Å²) in [6.07, 6.45) is 85.9. The molecule has 0 bridgehead atoms. The van der Waals surface area contributed by atoms with Crippen LogP contribution in [0.1, 0.15) is 258 Å². The van der Waals surface area contributed by atoms with Gasteiger partial charge >= 0.3 is 19.8 Å². The second kappa shape index (κ2) is 60.0. The molecule has 0 aromatic heterocycles. The molecule has 0 aliphatic rings. The van der Waals surface area contributed by atoms with Crippen LogP contribution >= 0.6 is 7.82 Å². The van der Waals surface area contributed by atoms with Crippen molar-refractivity contribution in [1.29, 1.82) is 0 Å². The Morgan fingerprint density at radius 2 is 0.725 bits per heavy atom. The maximum atomic E-state index is 12.8. The molecule has 0 spiro atoms. The van der Waals surface area contributed by atoms with Crippen LogP contribution in [0.5, 0.6) is 0 Å². The summed E-state index contributed by atoms with van der Waals surface area (Å²) in [7, 11) is 1.43. The average Bonchev–Trinajstić information content (AvgIpc) is 3.42. The first-order chi connectivity index (χ1) is 39.0. The summed E-state index contributed by atoms with van der Waals surface area (Å²) in [5.41, 5.74) is 0. The number of esters is 2. The summed E-state index contributed by atoms with van der Waals surface area (Å²) in [5, 5.41) is 0. The molecule has 0 amide bonds. The summed E-state index contributed by atoms with van der Waals surface area (Å²) in [5.74, 6) is -0.869. The van der Waals surface area contributed by atoms with E-state index in [-0.39, 0.29) is 32.0 Å². The van der Waals surface area contributed by atoms with Crippen molar-refractivity contribution in [2.45, 2.75) is 264 Å². The van der Waals surface area contributed by atoms with E-state index >= 15 is 0 Å². The molecule has 0 aliphatic heterocycles. The Kier molecular flexibility index (Phi) is 57.3. The van der Waals surface area contributed by atoms with Gasteiger partial charge in [0.2, 0.25) is 0 Å². The number of ether oxygens (including phenoxy) is 2. The van der Waals surface area contributed by atoms with E-state index in [0.29, 0.717) is 23.9 Å². The lowest BCUT2D eigenvalue weighted by Gasteiger charge is -2.24. The standard InChI is InChI=1S/C70H120NO8P/c1-6-8-10-12-14-16-18-20-22-24-26-28-30-31-32-33-34-35-36-37-38-39-41-42-44-46-48-50-52-54-56-58-60-62-69(72)76-66-68(67-78-80(74,75)77-65-64-71(3,4)5)79-70(73)63-61-59-57-55-53-51-49-47-45-43-40-29-27-25-23-21-19-17-15-13-11-9-7-2/h9,11,15,17-18,20-21,23-24,26-27,29-31,43,45,49,51,55,57,68H,6-8,10,12-14,16,19,22,25,28,32-42,44,46-48,50,52-54,56,58-67H2,1-5H3/p+1/b11-9-,17-15-,20-18-,23-21-,26-24-,29-27-,31-30-,45-43-,51-49-,57-55-. The van der Waals surface area contributed by atoms with Crippen LogP contribution in [0.4, 0.5) is 0 Å². The van der Waals surface area contributed by atoms with E-state index in [9.17, 15) is 19.0 Å². The zero-order chi connectivity index (χ0) is 58.4. The van der Waals surface area contributed by atoms with E-state index in [1.165, 1.54) is 141 Å². The molecule has 2 atom stereocenters. The van der Waals surface area contributed by atoms with Gasteiger partial charge in [0.05, 0.1) is 27.7 Å². The fourth-order valence-corrected chi connectivity index (χ4v) is 9.28. The second-order valence-electron chi connectivity index (χ2n) is 22.4. The van der Waals surface area contributed by atoms with Crippen molar-refractivity contribution in [2.75, 3.05) is 47.5 Å². The minimum atomic E-state index is -4.41. The average molecular weight is 1140 g/mol. The largest absolute Gasteiger partial charge is 0.472 e. The van der Waals surface area contributed by atoms with Crippen LogP contribution in [0, 0.1) is 0 Å². The monoisotopic (exact) mass is 1130 g/mol. The molecule has 458 valence electrons. The number of unbranched alkanes of at least 4 members (excludes halogenated alkanes) is 24. The summed E-state index contributed by atoms with van der Waals surface area (Å²) in [4.78, 5) is 35.7. The number of rotatable bonds is 58. The van der Waals surface area contributed by atoms with Gasteiger partial charge < -0.3 is 18.9 Å². The number of quaternary nitrogens is 1. The number of carbonyl (C=O) groups is 2. The van der Waals surface area contributed by atoms with Crippen molar-refractivity contribution in [2.24, 2.45) is 0 Å². The molecule has 0 heterocycles. The minimum Gasteiger partial charge on any atom is -0.462 e. The van der Waals surface area contributed by atoms with E-state index < -0.39 is 26.5 Å². The Labute approximate surface area is 492 Å². The lowest BCUT2D eigenvalue weighted by Crippen LogP contribution is -2.37. The number of phosphoric ester groups is 1. The molecular weight excluding hydrogens is 1010 g/mol. The van der Waals surface area contributed by atoms with Gasteiger partial charge in [-0.15, -0.1) is 0 Å². The molecular formula is C70H121NO8P+. The predicted molar refractivity (Wildman–Crippen MR) is 344 cm³/mol. The van der Waals surface area contributed by atoms with E-state index in [2.05, 4.69) is 135 Å². The Morgan fingerprint density at radius 3 is 1.10 bits per heavy atom. The maximum absolute atomic E-state index is 12.8. The highest BCUT2D eigenvalue weighted by Gasteiger charge is 2.27. The molecule has 0 saturated heterocycles. The molecule has 10 heteroatoms. The number of hydrogen-bond acceptors (Lipinski definition) is 7. The second-order valence-corrected chi connectivity index (χ2v) is 23.9. The van der Waals surface area contributed by atoms with Crippen molar-refractivity contribution in [3.63, 3.8) is 0 Å². The summed E-state index contributed by atoms with van der Waals surface area (Å²) >= 11 is 0. The molecule has 2 unspecified atom stereocenters. The lowest BCUT2D eigenvalue weighted by atomic mass is 10.0. The zero-order valence-electron chi connectivity index (χ0n) is 52.0. The van der Waals surface area contributed by atoms with Crippen molar-refractivity contribution >= 4 is 19.8 Å². The van der Waals surface area contributed by atoms with Gasteiger partial charge in [-0.1, -0.05) is 264 Å². The number of carbonyl (C=O) groups excluding carboxylic acids is 2. The molecule has 9 nitrogen and oxygen atoms in total. The Hall–Kier alpha value is -3.59. The van der Waals surface area contributed by atoms with Gasteiger partial charge in [-0.25, -0.2) is 4.57 Å². The van der Waals surface area contributed by atoms with Crippen LogP contribution < -0.4 is 0 Å². The zero-order valence-corrected chi connectivity index (χ0v) is 52.9. The third-order valence-corrected chi connectivity index (χ3v) is 14.5. The van der Waals surface area contributed by atoms with Gasteiger partial charge in [0, 0.05) is 12.8 Å². The van der Waals surface area contributed by atoms with Crippen LogP contribution in [0.15, 0.2) is 122 Å². The minimum absolute atomic E-state index is 0.0152. The van der Waals surface area contributed by atoms with Crippen LogP contribution in [-0.2, 0) is 32.7 Å². The fourth-order valence-electron chi connectivity index (χ4n) is 8.54. The molecule has 0 aliphatic carbocycles. The molecule has 80 heavy (non-hydrogen) atoms. The number of phosphoric acid groups is 1. The van der Waals surface area contributed by atoms with Gasteiger partial charge in [0.15, 0.2) is 6.10 Å². The van der Waals surface area contributed by atoms with Gasteiger partial charge in [-0.3, -0.25) is 18.6 Å². The highest BCUT2D eigenvalue weighted by Crippen LogP contribution is 2.43. The topological polar surface area (TPSA) is 108 Å². The predicted octanol–water partition coefficient (Wildman–Crippen LogP) is 20.7. The van der Waals surface area contributed by atoms with E-state index in [1.54, 1.807) is 0 Å². The number of allylic oxidation sites excluding steroid dienone is 20. The number of hydrogen-bond donors (Lipinski definition) is 1. The maximum Gasteiger partial charge on any atom is 0.472 e. The van der Waals surface area contributed by atoms with Gasteiger partial charge in [0.1, 0.15) is 19.8 Å². The Morgan fingerprint density at radius 1 is 0.400 bits per heavy atom. The van der Waals surface area contributed by atoms with Gasteiger partial charge in [0.25, 0.3) is 0 Å². The Bertz CT molecular complexity index is 1760. The first-order valence-electron chi connectivity index (χ1n) is 32.3. The molecule has 0 saturated carbocycles. The molecule has 0 fully saturated rings. The van der Waals surface area contributed by atoms with E-state index in [4.69, 9.17) is 18.5 Å². The number of nitrogens with zero attached hydrogens (tertiary/aromatic N) is 1. The quantitative estimate of drug-likeness (QED) is 0.0211. The third-order valence-electron chi connectivity index (χ3n) is 13.5. The van der Waals surface area contributed by atoms with Crippen molar-refractivity contribution < 1.29 is 42.1 Å². The van der Waals surface area contributed by atoms with Crippen molar-refractivity contribution in [3.05, 3.63) is 122 Å². The lowest BCUT2D eigenvalue weighted by molar-refractivity contribution is -0.870. The van der Waals surface area contributed by atoms with Crippen LogP contribution in [-0.4, -0.2) is 74.9 Å².